The average Bonchev–Trinajstić information content (AvgIpc) is 2.90. The van der Waals surface area contributed by atoms with E-state index in [0.29, 0.717) is 6.54 Å². The molecule has 0 spiro atoms. The van der Waals surface area contributed by atoms with Crippen LogP contribution in [0, 0.1) is 0 Å². The number of hydrogen-bond donors (Lipinski definition) is 1. The Hall–Kier alpha value is -1.55. The highest BCUT2D eigenvalue weighted by Crippen LogP contribution is 2.25. The van der Waals surface area contributed by atoms with Crippen LogP contribution in [0.15, 0.2) is 60.7 Å². The fourth-order valence-electron chi connectivity index (χ4n) is 3.46. The van der Waals surface area contributed by atoms with E-state index in [-0.39, 0.29) is 18.5 Å². The summed E-state index contributed by atoms with van der Waals surface area (Å²) in [6.07, 6.45) is 4.81. The van der Waals surface area contributed by atoms with Crippen LogP contribution in [0.1, 0.15) is 25.7 Å². The third-order valence-electron chi connectivity index (χ3n) is 4.70. The standard InChI is InChI=1S/C21H28N2O.ClH/c24-21(17-22-15-9-1-2-10-16-22)18-23(19-11-5-3-6-12-19)20-13-7-4-8-14-20;/h3-8,11-14,21,24H,1-2,9-10,15-18H2;1H/p-1. The molecule has 1 unspecified atom stereocenters. The van der Waals surface area contributed by atoms with Crippen molar-refractivity contribution < 1.29 is 17.5 Å². The number of aliphatic hydroxyl groups is 1. The zero-order valence-corrected chi connectivity index (χ0v) is 15.5. The van der Waals surface area contributed by atoms with Gasteiger partial charge in [-0.2, -0.15) is 0 Å². The highest BCUT2D eigenvalue weighted by molar-refractivity contribution is 5.63. The number of nitrogens with zero attached hydrogens (tertiary/aromatic N) is 2. The number of β-amino-alcohol motifs (C(OH)–C–C–N with tert-alkyl or cyclic N) is 1. The van der Waals surface area contributed by atoms with Crippen LogP contribution < -0.4 is 17.3 Å². The minimum absolute atomic E-state index is 0. The van der Waals surface area contributed by atoms with Gasteiger partial charge in [-0.25, -0.2) is 0 Å². The van der Waals surface area contributed by atoms with Gasteiger partial charge in [0.1, 0.15) is 0 Å². The minimum atomic E-state index is -0.358. The van der Waals surface area contributed by atoms with E-state index in [9.17, 15) is 5.11 Å². The molecule has 1 saturated heterocycles. The molecule has 2 aromatic carbocycles. The van der Waals surface area contributed by atoms with Gasteiger partial charge in [-0.3, -0.25) is 0 Å². The number of halogens is 1. The third kappa shape index (κ3) is 6.03. The normalized spacial score (nSPS) is 16.5. The number of anilines is 2. The molecule has 0 bridgehead atoms. The van der Waals surface area contributed by atoms with Crippen molar-refractivity contribution in [2.75, 3.05) is 31.1 Å². The van der Waals surface area contributed by atoms with Gasteiger partial charge in [0.2, 0.25) is 0 Å². The highest BCUT2D eigenvalue weighted by atomic mass is 35.5. The summed E-state index contributed by atoms with van der Waals surface area (Å²) in [6.45, 7) is 3.61. The summed E-state index contributed by atoms with van der Waals surface area (Å²) >= 11 is 0. The van der Waals surface area contributed by atoms with Crippen molar-refractivity contribution in [2.45, 2.75) is 31.8 Å². The largest absolute Gasteiger partial charge is 1.00 e. The van der Waals surface area contributed by atoms with Crippen LogP contribution in [0.5, 0.6) is 0 Å². The lowest BCUT2D eigenvalue weighted by Gasteiger charge is -2.30. The number of likely N-dealkylation sites (tertiary alicyclic amines) is 1. The SMILES string of the molecule is OC(CN1CCCCCC1)CN(c1ccccc1)c1ccccc1.[Cl-]. The molecule has 3 rings (SSSR count). The quantitative estimate of drug-likeness (QED) is 0.835. The van der Waals surface area contributed by atoms with Gasteiger partial charge in [0.05, 0.1) is 12.6 Å². The van der Waals surface area contributed by atoms with Gasteiger partial charge in [-0.05, 0) is 50.2 Å². The lowest BCUT2D eigenvalue weighted by Crippen LogP contribution is -3.00. The molecular weight excluding hydrogens is 332 g/mol. The van der Waals surface area contributed by atoms with Gasteiger partial charge in [0.15, 0.2) is 0 Å². The molecule has 0 radical (unpaired) electrons. The van der Waals surface area contributed by atoms with Crippen LogP contribution in [0.4, 0.5) is 11.4 Å². The predicted octanol–water partition coefficient (Wildman–Crippen LogP) is 1.07. The summed E-state index contributed by atoms with van der Waals surface area (Å²) in [4.78, 5) is 4.63. The molecule has 0 aliphatic carbocycles. The molecule has 0 saturated carbocycles. The number of benzene rings is 2. The van der Waals surface area contributed by atoms with Gasteiger partial charge in [0, 0.05) is 17.9 Å². The Balaban J connectivity index is 0.00000225. The van der Waals surface area contributed by atoms with Crippen molar-refractivity contribution in [1.29, 1.82) is 0 Å². The molecule has 1 atom stereocenters. The maximum absolute atomic E-state index is 10.7. The molecule has 1 aliphatic rings. The van der Waals surface area contributed by atoms with E-state index in [0.717, 1.165) is 31.0 Å². The Labute approximate surface area is 157 Å². The maximum Gasteiger partial charge on any atom is 0.0845 e. The van der Waals surface area contributed by atoms with E-state index in [1.165, 1.54) is 25.7 Å². The first kappa shape index (κ1) is 19.8. The second-order valence-electron chi connectivity index (χ2n) is 6.65. The summed E-state index contributed by atoms with van der Waals surface area (Å²) in [5.74, 6) is 0. The number of rotatable bonds is 6. The maximum atomic E-state index is 10.7. The zero-order valence-electron chi connectivity index (χ0n) is 14.7. The van der Waals surface area contributed by atoms with E-state index >= 15 is 0 Å². The van der Waals surface area contributed by atoms with E-state index in [4.69, 9.17) is 0 Å². The second-order valence-corrected chi connectivity index (χ2v) is 6.65. The molecule has 1 aliphatic heterocycles. The number of aliphatic hydroxyl groups excluding tert-OH is 1. The van der Waals surface area contributed by atoms with Gasteiger partial charge < -0.3 is 27.3 Å². The van der Waals surface area contributed by atoms with Crippen LogP contribution in [-0.4, -0.2) is 42.3 Å². The van der Waals surface area contributed by atoms with Gasteiger partial charge in [-0.15, -0.1) is 0 Å². The van der Waals surface area contributed by atoms with E-state index in [2.05, 4.69) is 34.1 Å². The van der Waals surface area contributed by atoms with Crippen LogP contribution in [0.25, 0.3) is 0 Å². The number of hydrogen-bond acceptors (Lipinski definition) is 3. The summed E-state index contributed by atoms with van der Waals surface area (Å²) in [5.41, 5.74) is 2.25. The van der Waals surface area contributed by atoms with Crippen molar-refractivity contribution in [3.05, 3.63) is 60.7 Å². The zero-order chi connectivity index (χ0) is 16.6. The third-order valence-corrected chi connectivity index (χ3v) is 4.70. The van der Waals surface area contributed by atoms with E-state index < -0.39 is 0 Å². The summed E-state index contributed by atoms with van der Waals surface area (Å²) in [6, 6.07) is 20.7. The van der Waals surface area contributed by atoms with Crippen molar-refractivity contribution in [1.82, 2.24) is 4.90 Å². The molecule has 1 fully saturated rings. The van der Waals surface area contributed by atoms with Crippen LogP contribution >= 0.6 is 0 Å². The summed E-state index contributed by atoms with van der Waals surface area (Å²) in [7, 11) is 0. The topological polar surface area (TPSA) is 26.7 Å². The number of para-hydroxylation sites is 2. The molecule has 4 heteroatoms. The minimum Gasteiger partial charge on any atom is -1.00 e. The molecule has 136 valence electrons. The molecule has 2 aromatic rings. The summed E-state index contributed by atoms with van der Waals surface area (Å²) in [5, 5.41) is 10.7. The van der Waals surface area contributed by atoms with Crippen LogP contribution in [0.3, 0.4) is 0 Å². The van der Waals surface area contributed by atoms with Crippen molar-refractivity contribution in [3.8, 4) is 0 Å². The fourth-order valence-corrected chi connectivity index (χ4v) is 3.46. The Morgan fingerprint density at radius 3 is 1.76 bits per heavy atom. The molecule has 25 heavy (non-hydrogen) atoms. The molecular formula is C21H28ClN2O-. The first-order valence-electron chi connectivity index (χ1n) is 9.11. The summed E-state index contributed by atoms with van der Waals surface area (Å²) < 4.78 is 0. The Morgan fingerprint density at radius 2 is 1.28 bits per heavy atom. The molecule has 0 amide bonds. The molecule has 0 aromatic heterocycles. The van der Waals surface area contributed by atoms with E-state index in [1.807, 2.05) is 36.4 Å². The second kappa shape index (κ2) is 10.4. The lowest BCUT2D eigenvalue weighted by molar-refractivity contribution is -0.00000717. The average molecular weight is 360 g/mol. The van der Waals surface area contributed by atoms with Crippen molar-refractivity contribution >= 4 is 11.4 Å². The lowest BCUT2D eigenvalue weighted by atomic mass is 10.2. The van der Waals surface area contributed by atoms with Gasteiger partial charge in [-0.1, -0.05) is 49.2 Å². The van der Waals surface area contributed by atoms with Crippen LogP contribution in [0.2, 0.25) is 0 Å². The van der Waals surface area contributed by atoms with Gasteiger partial charge in [0.25, 0.3) is 0 Å². The van der Waals surface area contributed by atoms with Crippen LogP contribution in [-0.2, 0) is 0 Å². The predicted molar refractivity (Wildman–Crippen MR) is 101 cm³/mol. The first-order chi connectivity index (χ1) is 11.8. The Morgan fingerprint density at radius 1 is 0.800 bits per heavy atom. The smallest absolute Gasteiger partial charge is 0.0845 e. The van der Waals surface area contributed by atoms with E-state index in [1.54, 1.807) is 0 Å². The monoisotopic (exact) mass is 359 g/mol. The van der Waals surface area contributed by atoms with Crippen molar-refractivity contribution in [3.63, 3.8) is 0 Å². The first-order valence-corrected chi connectivity index (χ1v) is 9.11. The molecule has 1 N–H and O–H groups in total. The molecule has 3 nitrogen and oxygen atoms in total. The Bertz CT molecular complexity index is 546. The van der Waals surface area contributed by atoms with Crippen molar-refractivity contribution in [2.24, 2.45) is 0 Å². The fraction of sp³-hybridized carbons (Fsp3) is 0.429. The molecule has 1 heterocycles. The Kier molecular flexibility index (Phi) is 8.26. The van der Waals surface area contributed by atoms with Gasteiger partial charge >= 0.3 is 0 Å². The highest BCUT2D eigenvalue weighted by Gasteiger charge is 2.18.